The lowest BCUT2D eigenvalue weighted by Crippen LogP contribution is -1.92. The largest absolute Gasteiger partial charge is 0.0914 e. The summed E-state index contributed by atoms with van der Waals surface area (Å²) < 4.78 is 0. The average molecular weight is 219 g/mol. The van der Waals surface area contributed by atoms with Crippen LogP contribution in [0.25, 0.3) is 0 Å². The van der Waals surface area contributed by atoms with E-state index in [0.717, 1.165) is 8.27 Å². The highest BCUT2D eigenvalue weighted by Crippen LogP contribution is 2.34. The highest BCUT2D eigenvalue weighted by molar-refractivity contribution is 8.18. The van der Waals surface area contributed by atoms with Gasteiger partial charge in [0.15, 0.2) is 0 Å². The summed E-state index contributed by atoms with van der Waals surface area (Å²) in [7, 11) is 1.38. The van der Waals surface area contributed by atoms with E-state index in [2.05, 4.69) is 60.7 Å². The van der Waals surface area contributed by atoms with Crippen LogP contribution in [0.2, 0.25) is 0 Å². The topological polar surface area (TPSA) is 0 Å². The highest BCUT2D eigenvalue weighted by atomic mass is 32.0. The van der Waals surface area contributed by atoms with E-state index in [9.17, 15) is 0 Å². The number of rotatable bonds is 3. The van der Waals surface area contributed by atoms with Gasteiger partial charge in [0.1, 0.15) is 0 Å². The summed E-state index contributed by atoms with van der Waals surface area (Å²) in [4.78, 5) is 0. The number of benzene rings is 2. The summed E-state index contributed by atoms with van der Waals surface area (Å²) in [5.74, 6) is 0. The zero-order valence-corrected chi connectivity index (χ0v) is 10.0. The Kier molecular flexibility index (Phi) is 3.69. The van der Waals surface area contributed by atoms with Crippen LogP contribution in [0.15, 0.2) is 60.7 Å². The molecule has 2 atom stereocenters. The fourth-order valence-corrected chi connectivity index (χ4v) is 4.54. The first-order chi connectivity index (χ1) is 6.95. The second-order valence-corrected chi connectivity index (χ2v) is 6.62. The summed E-state index contributed by atoms with van der Waals surface area (Å²) in [6.07, 6.45) is 0. The minimum absolute atomic E-state index is 0.414. The van der Waals surface area contributed by atoms with Crippen molar-refractivity contribution in [1.82, 2.24) is 0 Å². The Hall–Kier alpha value is -0.700. The van der Waals surface area contributed by atoms with E-state index in [0.29, 0.717) is 8.27 Å². The molecule has 0 saturated heterocycles. The van der Waals surface area contributed by atoms with Gasteiger partial charge in [-0.15, -0.1) is 0 Å². The zero-order chi connectivity index (χ0) is 9.64. The molecule has 0 spiro atoms. The summed E-state index contributed by atoms with van der Waals surface area (Å²) >= 11 is 0. The molecule has 0 aliphatic heterocycles. The van der Waals surface area contributed by atoms with Crippen LogP contribution in [0.4, 0.5) is 0 Å². The maximum absolute atomic E-state index is 2.23. The van der Waals surface area contributed by atoms with E-state index in [-0.39, 0.29) is 0 Å². The van der Waals surface area contributed by atoms with Crippen molar-refractivity contribution in [2.45, 2.75) is 0 Å². The molecule has 14 heavy (non-hydrogen) atoms. The molecule has 0 fully saturated rings. The van der Waals surface area contributed by atoms with Gasteiger partial charge in [-0.2, -0.15) is 0 Å². The summed E-state index contributed by atoms with van der Waals surface area (Å²) in [5.41, 5.74) is 0. The lowest BCUT2D eigenvalue weighted by molar-refractivity contribution is 1.78. The monoisotopic (exact) mass is 219 g/mol. The molecular formula is C12H13P2+. The lowest BCUT2D eigenvalue weighted by atomic mass is 10.4. The molecule has 70 valence electrons. The minimum atomic E-state index is 0.414. The normalized spacial score (nSPS) is 11.7. The first kappa shape index (κ1) is 9.84. The minimum Gasteiger partial charge on any atom is -0.0622 e. The van der Waals surface area contributed by atoms with E-state index in [1.54, 1.807) is 0 Å². The van der Waals surface area contributed by atoms with Crippen molar-refractivity contribution < 1.29 is 0 Å². The Morgan fingerprint density at radius 1 is 0.714 bits per heavy atom. The second kappa shape index (κ2) is 5.25. The van der Waals surface area contributed by atoms with Gasteiger partial charge in [0.2, 0.25) is 0 Å². The second-order valence-electron chi connectivity index (χ2n) is 3.07. The molecule has 0 saturated carbocycles. The van der Waals surface area contributed by atoms with Gasteiger partial charge in [-0.25, -0.2) is 0 Å². The molecule has 2 rings (SSSR count). The van der Waals surface area contributed by atoms with Crippen molar-refractivity contribution in [3.8, 4) is 0 Å². The van der Waals surface area contributed by atoms with E-state index in [1.807, 2.05) is 0 Å². The molecule has 0 radical (unpaired) electrons. The van der Waals surface area contributed by atoms with E-state index in [1.165, 1.54) is 10.6 Å². The molecule has 2 aromatic carbocycles. The number of hydrogen-bond acceptors (Lipinski definition) is 0. The molecule has 0 N–H and O–H groups in total. The predicted octanol–water partition coefficient (Wildman–Crippen LogP) is 2.64. The fourth-order valence-electron chi connectivity index (χ4n) is 1.25. The van der Waals surface area contributed by atoms with Crippen LogP contribution in [-0.4, -0.2) is 0 Å². The molecule has 2 unspecified atom stereocenters. The van der Waals surface area contributed by atoms with E-state index in [4.69, 9.17) is 0 Å². The summed E-state index contributed by atoms with van der Waals surface area (Å²) in [6.45, 7) is 0. The van der Waals surface area contributed by atoms with Crippen LogP contribution in [0.3, 0.4) is 0 Å². The Balaban J connectivity index is 1.96. The van der Waals surface area contributed by atoms with Gasteiger partial charge >= 0.3 is 0 Å². The Morgan fingerprint density at radius 2 is 1.29 bits per heavy atom. The van der Waals surface area contributed by atoms with Crippen molar-refractivity contribution >= 4 is 27.1 Å². The van der Waals surface area contributed by atoms with E-state index >= 15 is 0 Å². The molecule has 0 bridgehead atoms. The smallest absolute Gasteiger partial charge is 0.0622 e. The van der Waals surface area contributed by atoms with Crippen molar-refractivity contribution in [2.24, 2.45) is 0 Å². The van der Waals surface area contributed by atoms with Crippen LogP contribution in [0.1, 0.15) is 0 Å². The van der Waals surface area contributed by atoms with Gasteiger partial charge in [0.25, 0.3) is 0 Å². The third-order valence-corrected chi connectivity index (χ3v) is 5.94. The van der Waals surface area contributed by atoms with Crippen molar-refractivity contribution in [3.63, 3.8) is 0 Å². The average Bonchev–Trinajstić information content (AvgIpc) is 2.29. The third-order valence-electron chi connectivity index (χ3n) is 1.98. The van der Waals surface area contributed by atoms with Gasteiger partial charge < -0.3 is 0 Å². The summed E-state index contributed by atoms with van der Waals surface area (Å²) in [6, 6.07) is 21.5. The van der Waals surface area contributed by atoms with Crippen molar-refractivity contribution in [1.29, 1.82) is 0 Å². The van der Waals surface area contributed by atoms with Crippen LogP contribution in [0, 0.1) is 0 Å². The van der Waals surface area contributed by atoms with Crippen LogP contribution >= 0.6 is 16.5 Å². The molecule has 0 nitrogen and oxygen atoms in total. The molecule has 2 aromatic rings. The Labute approximate surface area is 88.2 Å². The van der Waals surface area contributed by atoms with Crippen LogP contribution < -0.4 is 10.6 Å². The van der Waals surface area contributed by atoms with Crippen molar-refractivity contribution in [3.05, 3.63) is 60.7 Å². The Bertz CT molecular complexity index is 331. The van der Waals surface area contributed by atoms with E-state index < -0.39 is 0 Å². The third kappa shape index (κ3) is 2.91. The van der Waals surface area contributed by atoms with Gasteiger partial charge in [-0.1, -0.05) is 48.5 Å². The van der Waals surface area contributed by atoms with Gasteiger partial charge in [0, 0.05) is 13.6 Å². The molecule has 2 heteroatoms. The predicted molar refractivity (Wildman–Crippen MR) is 70.2 cm³/mol. The van der Waals surface area contributed by atoms with Crippen LogP contribution in [0.5, 0.6) is 0 Å². The molecular weight excluding hydrogens is 206 g/mol. The fraction of sp³-hybridized carbons (Fsp3) is 0. The SMILES string of the molecule is c1ccc(P[PH2+]c2ccccc2)cc1. The lowest BCUT2D eigenvalue weighted by Gasteiger charge is -1.94. The molecule has 0 aliphatic rings. The highest BCUT2D eigenvalue weighted by Gasteiger charge is 2.00. The quantitative estimate of drug-likeness (QED) is 0.696. The van der Waals surface area contributed by atoms with Crippen molar-refractivity contribution in [2.75, 3.05) is 0 Å². The first-order valence-electron chi connectivity index (χ1n) is 4.65. The standard InChI is InChI=1S/C12H12P2/c1-3-7-11(8-4-1)13-14-12-9-5-2-6-10-12/h1-10,13-14H/p+1. The maximum atomic E-state index is 2.23. The molecule has 0 aromatic heterocycles. The van der Waals surface area contributed by atoms with Gasteiger partial charge in [0.05, 0.1) is 13.6 Å². The van der Waals surface area contributed by atoms with Gasteiger partial charge in [-0.05, 0) is 12.1 Å². The zero-order valence-electron chi connectivity index (χ0n) is 7.85. The maximum Gasteiger partial charge on any atom is 0.0914 e. The molecule has 0 heterocycles. The van der Waals surface area contributed by atoms with Crippen LogP contribution in [-0.2, 0) is 0 Å². The van der Waals surface area contributed by atoms with Gasteiger partial charge in [-0.3, -0.25) is 0 Å². The molecule has 0 aliphatic carbocycles. The first-order valence-corrected chi connectivity index (χ1v) is 8.04. The Morgan fingerprint density at radius 3 is 1.93 bits per heavy atom. The molecule has 0 amide bonds. The number of hydrogen-bond donors (Lipinski definition) is 0. The summed E-state index contributed by atoms with van der Waals surface area (Å²) in [5, 5.41) is 2.99.